The van der Waals surface area contributed by atoms with Gasteiger partial charge in [-0.05, 0) is 30.7 Å². The lowest BCUT2D eigenvalue weighted by molar-refractivity contribution is 0.0525. The van der Waals surface area contributed by atoms with Gasteiger partial charge in [-0.2, -0.15) is 10.5 Å². The minimum atomic E-state index is -0.679. The second kappa shape index (κ2) is 9.64. The van der Waals surface area contributed by atoms with Gasteiger partial charge in [0.25, 0.3) is 0 Å². The van der Waals surface area contributed by atoms with Crippen LogP contribution in [-0.4, -0.2) is 28.5 Å². The van der Waals surface area contributed by atoms with E-state index in [1.54, 1.807) is 37.4 Å². The van der Waals surface area contributed by atoms with E-state index < -0.39 is 12.0 Å². The monoisotopic (exact) mass is 469 g/mol. The largest absolute Gasteiger partial charge is 0.462 e. The Morgan fingerprint density at radius 1 is 1.23 bits per heavy atom. The maximum absolute atomic E-state index is 11.9. The SMILES string of the molecule is CCOC(=O)c1ccnc(Oc2ccc(C3N=C(NC#N)Nc4nc(N)c(C#N)c(N)c43)cc2)c1. The number of benzene rings is 1. The number of nitriles is 2. The molecule has 0 bridgehead atoms. The molecule has 1 aromatic carbocycles. The van der Waals surface area contributed by atoms with Crippen molar-refractivity contribution in [3.05, 3.63) is 64.8 Å². The normalized spacial score (nSPS) is 13.8. The van der Waals surface area contributed by atoms with Gasteiger partial charge in [-0.15, -0.1) is 0 Å². The Kier molecular flexibility index (Phi) is 6.29. The van der Waals surface area contributed by atoms with Crippen molar-refractivity contribution in [1.29, 1.82) is 10.5 Å². The Labute approximate surface area is 199 Å². The summed E-state index contributed by atoms with van der Waals surface area (Å²) >= 11 is 0. The molecule has 0 saturated carbocycles. The number of hydrogen-bond acceptors (Lipinski definition) is 12. The first-order chi connectivity index (χ1) is 16.9. The maximum atomic E-state index is 11.9. The lowest BCUT2D eigenvalue weighted by atomic mass is 9.95. The number of ether oxygens (including phenoxy) is 2. The molecule has 0 saturated heterocycles. The summed E-state index contributed by atoms with van der Waals surface area (Å²) in [5.74, 6) is 0.615. The molecule has 1 aliphatic rings. The number of carbonyl (C=O) groups is 1. The van der Waals surface area contributed by atoms with Crippen molar-refractivity contribution in [2.75, 3.05) is 23.4 Å². The number of aliphatic imine (C=N–C) groups is 1. The summed E-state index contributed by atoms with van der Waals surface area (Å²) in [4.78, 5) is 24.8. The van der Waals surface area contributed by atoms with E-state index in [9.17, 15) is 10.1 Å². The highest BCUT2D eigenvalue weighted by Gasteiger charge is 2.29. The van der Waals surface area contributed by atoms with Gasteiger partial charge in [-0.1, -0.05) is 12.1 Å². The van der Waals surface area contributed by atoms with Crippen molar-refractivity contribution in [1.82, 2.24) is 15.3 Å². The molecule has 0 aliphatic carbocycles. The summed E-state index contributed by atoms with van der Waals surface area (Å²) in [6.07, 6.45) is 3.26. The van der Waals surface area contributed by atoms with Crippen molar-refractivity contribution in [3.63, 3.8) is 0 Å². The summed E-state index contributed by atoms with van der Waals surface area (Å²) in [5.41, 5.74) is 13.8. The molecule has 3 aromatic rings. The van der Waals surface area contributed by atoms with E-state index in [2.05, 4.69) is 25.6 Å². The average molecular weight is 469 g/mol. The summed E-state index contributed by atoms with van der Waals surface area (Å²) in [5, 5.41) is 23.8. The number of anilines is 3. The van der Waals surface area contributed by atoms with Crippen LogP contribution in [-0.2, 0) is 4.74 Å². The van der Waals surface area contributed by atoms with E-state index in [1.165, 1.54) is 18.3 Å². The lowest BCUT2D eigenvalue weighted by Gasteiger charge is -2.26. The van der Waals surface area contributed by atoms with Gasteiger partial charge >= 0.3 is 5.97 Å². The molecule has 6 N–H and O–H groups in total. The topological polar surface area (TPSA) is 197 Å². The molecule has 0 fully saturated rings. The van der Waals surface area contributed by atoms with E-state index in [4.69, 9.17) is 26.2 Å². The number of aromatic nitrogens is 2. The maximum Gasteiger partial charge on any atom is 0.338 e. The predicted octanol–water partition coefficient (Wildman–Crippen LogP) is 2.42. The van der Waals surface area contributed by atoms with Crippen LogP contribution in [0.3, 0.4) is 0 Å². The number of guanidine groups is 1. The van der Waals surface area contributed by atoms with Crippen molar-refractivity contribution < 1.29 is 14.3 Å². The predicted molar refractivity (Wildman–Crippen MR) is 126 cm³/mol. The molecule has 1 atom stereocenters. The number of hydrogen-bond donors (Lipinski definition) is 4. The summed E-state index contributed by atoms with van der Waals surface area (Å²) in [7, 11) is 0. The smallest absolute Gasteiger partial charge is 0.338 e. The molecule has 0 spiro atoms. The van der Waals surface area contributed by atoms with Crippen LogP contribution in [0, 0.1) is 22.8 Å². The number of carbonyl (C=O) groups excluding carboxylic acids is 1. The Balaban J connectivity index is 1.65. The van der Waals surface area contributed by atoms with Gasteiger partial charge in [0.2, 0.25) is 11.8 Å². The highest BCUT2D eigenvalue weighted by molar-refractivity contribution is 5.98. The fourth-order valence-corrected chi connectivity index (χ4v) is 3.47. The third-order valence-corrected chi connectivity index (χ3v) is 5.02. The molecule has 3 heterocycles. The Bertz CT molecular complexity index is 1410. The zero-order chi connectivity index (χ0) is 24.9. The molecule has 0 radical (unpaired) electrons. The minimum Gasteiger partial charge on any atom is -0.462 e. The first-order valence-corrected chi connectivity index (χ1v) is 10.3. The quantitative estimate of drug-likeness (QED) is 0.243. The van der Waals surface area contributed by atoms with Crippen molar-refractivity contribution in [2.45, 2.75) is 13.0 Å². The fraction of sp³-hybridized carbons (Fsp3) is 0.130. The number of pyridine rings is 2. The van der Waals surface area contributed by atoms with E-state index in [0.717, 1.165) is 0 Å². The zero-order valence-corrected chi connectivity index (χ0v) is 18.4. The average Bonchev–Trinajstić information content (AvgIpc) is 2.85. The van der Waals surface area contributed by atoms with Gasteiger partial charge in [0.1, 0.15) is 35.1 Å². The molecule has 174 valence electrons. The summed E-state index contributed by atoms with van der Waals surface area (Å²) < 4.78 is 10.8. The third kappa shape index (κ3) is 4.58. The van der Waals surface area contributed by atoms with Crippen LogP contribution in [0.25, 0.3) is 0 Å². The molecular formula is C23H19N9O3. The zero-order valence-electron chi connectivity index (χ0n) is 18.4. The van der Waals surface area contributed by atoms with Crippen LogP contribution in [0.2, 0.25) is 0 Å². The van der Waals surface area contributed by atoms with Gasteiger partial charge in [0.15, 0.2) is 6.19 Å². The van der Waals surface area contributed by atoms with Crippen molar-refractivity contribution >= 4 is 29.3 Å². The lowest BCUT2D eigenvalue weighted by Crippen LogP contribution is -2.32. The highest BCUT2D eigenvalue weighted by Crippen LogP contribution is 2.40. The van der Waals surface area contributed by atoms with Gasteiger partial charge in [-0.25, -0.2) is 19.8 Å². The Hall–Kier alpha value is -5.36. The molecule has 35 heavy (non-hydrogen) atoms. The van der Waals surface area contributed by atoms with E-state index >= 15 is 0 Å². The molecule has 2 aromatic heterocycles. The van der Waals surface area contributed by atoms with E-state index in [-0.39, 0.29) is 41.3 Å². The minimum absolute atomic E-state index is 0.0329. The second-order valence-electron chi connectivity index (χ2n) is 7.18. The van der Waals surface area contributed by atoms with Gasteiger partial charge in [0, 0.05) is 17.8 Å². The molecule has 0 amide bonds. The third-order valence-electron chi connectivity index (χ3n) is 5.02. The number of nitrogens with two attached hydrogens (primary N) is 2. The molecule has 12 heteroatoms. The Morgan fingerprint density at radius 2 is 2.00 bits per heavy atom. The van der Waals surface area contributed by atoms with Crippen molar-refractivity contribution in [2.24, 2.45) is 4.99 Å². The van der Waals surface area contributed by atoms with E-state index in [1.807, 2.05) is 6.07 Å². The van der Waals surface area contributed by atoms with Crippen LogP contribution in [0.15, 0.2) is 47.6 Å². The van der Waals surface area contributed by atoms with Crippen molar-refractivity contribution in [3.8, 4) is 23.9 Å². The number of esters is 1. The number of rotatable bonds is 5. The summed E-state index contributed by atoms with van der Waals surface area (Å²) in [6, 6.07) is 11.2. The van der Waals surface area contributed by atoms with Crippen LogP contribution >= 0.6 is 0 Å². The van der Waals surface area contributed by atoms with Gasteiger partial charge < -0.3 is 26.3 Å². The highest BCUT2D eigenvalue weighted by atomic mass is 16.5. The fourth-order valence-electron chi connectivity index (χ4n) is 3.47. The molecule has 1 aliphatic heterocycles. The van der Waals surface area contributed by atoms with Crippen LogP contribution < -0.4 is 26.8 Å². The number of nitrogen functional groups attached to an aromatic ring is 2. The van der Waals surface area contributed by atoms with Gasteiger partial charge in [0.05, 0.1) is 17.9 Å². The van der Waals surface area contributed by atoms with Crippen LogP contribution in [0.1, 0.15) is 40.0 Å². The number of fused-ring (bicyclic) bond motifs is 1. The Morgan fingerprint density at radius 3 is 2.69 bits per heavy atom. The molecule has 12 nitrogen and oxygen atoms in total. The first kappa shape index (κ1) is 22.8. The van der Waals surface area contributed by atoms with Crippen LogP contribution in [0.4, 0.5) is 17.3 Å². The van der Waals surface area contributed by atoms with E-state index in [0.29, 0.717) is 22.4 Å². The van der Waals surface area contributed by atoms with Gasteiger partial charge in [-0.3, -0.25) is 5.32 Å². The number of nitrogens with zero attached hydrogens (tertiary/aromatic N) is 5. The summed E-state index contributed by atoms with van der Waals surface area (Å²) in [6.45, 7) is 1.98. The second-order valence-corrected chi connectivity index (χ2v) is 7.18. The number of nitrogens with one attached hydrogen (secondary N) is 2. The standard InChI is InChI=1S/C23H19N9O3/c1-2-34-22(33)13-7-8-28-16(9-13)35-14-5-3-12(4-6-14)19-17-18(26)15(10-24)20(27)31-21(17)32-23(30-19)29-11-25/h3-9,19H,2H2,1H3,(H6,26,27,29,30,31,32). The molecular weight excluding hydrogens is 450 g/mol. The van der Waals surface area contributed by atoms with Crippen LogP contribution in [0.5, 0.6) is 11.6 Å². The molecule has 4 rings (SSSR count). The first-order valence-electron chi connectivity index (χ1n) is 10.3. The molecule has 1 unspecified atom stereocenters.